The summed E-state index contributed by atoms with van der Waals surface area (Å²) in [7, 11) is 0. The van der Waals surface area contributed by atoms with Gasteiger partial charge in [0.15, 0.2) is 5.69 Å². The van der Waals surface area contributed by atoms with Gasteiger partial charge in [0.1, 0.15) is 23.9 Å². The van der Waals surface area contributed by atoms with Crippen molar-refractivity contribution < 1.29 is 33.3 Å². The summed E-state index contributed by atoms with van der Waals surface area (Å²) in [5.74, 6) is -3.52. The number of aliphatic carboxylic acids is 1. The molecule has 0 fully saturated rings. The molecule has 0 saturated carbocycles. The number of nitrogens with one attached hydrogen (secondary N) is 1. The molecule has 0 spiro atoms. The molecule has 8 nitrogen and oxygen atoms in total. The van der Waals surface area contributed by atoms with Gasteiger partial charge in [0.25, 0.3) is 5.91 Å². The number of carboxylic acids is 1. The molecule has 3 aromatic rings. The molecule has 2 aromatic carbocycles. The lowest BCUT2D eigenvalue weighted by Gasteiger charge is -2.27. The molecule has 3 rings (SSSR count). The van der Waals surface area contributed by atoms with Crippen LogP contribution in [0.15, 0.2) is 54.6 Å². The average molecular weight is 488 g/mol. The lowest BCUT2D eigenvalue weighted by Crippen LogP contribution is -2.38. The second-order valence-corrected chi connectivity index (χ2v) is 8.68. The highest BCUT2D eigenvalue weighted by Crippen LogP contribution is 2.26. The van der Waals surface area contributed by atoms with Crippen molar-refractivity contribution in [3.63, 3.8) is 0 Å². The Balaban J connectivity index is 1.96. The Kier molecular flexibility index (Phi) is 7.85. The summed E-state index contributed by atoms with van der Waals surface area (Å²) >= 11 is 0. The molecular weight excluding hydrogens is 460 g/mol. The maximum absolute atomic E-state index is 14.5. The number of amides is 1. The third kappa shape index (κ3) is 6.21. The number of halogens is 2. The van der Waals surface area contributed by atoms with Gasteiger partial charge in [-0.2, -0.15) is 9.78 Å². The molecule has 0 aliphatic carbocycles. The predicted octanol–water partition coefficient (Wildman–Crippen LogP) is 3.88. The summed E-state index contributed by atoms with van der Waals surface area (Å²) in [4.78, 5) is 24.4. The highest BCUT2D eigenvalue weighted by Gasteiger charge is 2.28. The molecule has 1 amide bonds. The van der Waals surface area contributed by atoms with Crippen LogP contribution in [0.4, 0.5) is 8.78 Å². The van der Waals surface area contributed by atoms with Gasteiger partial charge in [-0.25, -0.2) is 8.78 Å². The van der Waals surface area contributed by atoms with Crippen LogP contribution in [0.1, 0.15) is 49.3 Å². The van der Waals surface area contributed by atoms with Gasteiger partial charge in [0.05, 0.1) is 18.1 Å². The normalized spacial score (nSPS) is 13.8. The first-order valence-electron chi connectivity index (χ1n) is 11.0. The number of nitrogens with zero attached hydrogens (tertiary/aromatic N) is 2. The number of carbonyl (C=O) groups excluding carboxylic acids is 1. The van der Waals surface area contributed by atoms with Gasteiger partial charge in [-0.05, 0) is 31.0 Å². The van der Waals surface area contributed by atoms with E-state index in [1.165, 1.54) is 42.5 Å². The third-order valence-corrected chi connectivity index (χ3v) is 5.71. The molecule has 0 bridgehead atoms. The van der Waals surface area contributed by atoms with Gasteiger partial charge < -0.3 is 20.3 Å². The Bertz CT molecular complexity index is 1210. The Morgan fingerprint density at radius 3 is 2.34 bits per heavy atom. The maximum atomic E-state index is 14.5. The molecular formula is C25H27F2N3O5. The number of aliphatic hydroxyl groups is 1. The van der Waals surface area contributed by atoms with Crippen molar-refractivity contribution in [3.05, 3.63) is 77.5 Å². The minimum absolute atomic E-state index is 0.00115. The predicted molar refractivity (Wildman–Crippen MR) is 123 cm³/mol. The number of hydrogen-bond donors (Lipinski definition) is 3. The van der Waals surface area contributed by atoms with Gasteiger partial charge in [-0.1, -0.05) is 44.2 Å². The lowest BCUT2D eigenvalue weighted by molar-refractivity contribution is -0.137. The van der Waals surface area contributed by atoms with E-state index in [-0.39, 0.29) is 35.3 Å². The van der Waals surface area contributed by atoms with E-state index < -0.39 is 41.6 Å². The number of carbonyl (C=O) groups is 2. The van der Waals surface area contributed by atoms with Crippen LogP contribution < -0.4 is 10.1 Å². The molecule has 3 N–H and O–H groups in total. The Morgan fingerprint density at radius 1 is 1.11 bits per heavy atom. The molecule has 186 valence electrons. The smallest absolute Gasteiger partial charge is 0.305 e. The van der Waals surface area contributed by atoms with Crippen molar-refractivity contribution in [2.24, 2.45) is 5.92 Å². The largest absolute Gasteiger partial charge is 0.481 e. The Hall–Kier alpha value is -3.79. The van der Waals surface area contributed by atoms with Gasteiger partial charge in [0, 0.05) is 11.6 Å². The van der Waals surface area contributed by atoms with E-state index in [4.69, 9.17) is 4.74 Å². The zero-order valence-electron chi connectivity index (χ0n) is 19.5. The van der Waals surface area contributed by atoms with Gasteiger partial charge in [0.2, 0.25) is 5.88 Å². The number of rotatable bonds is 10. The van der Waals surface area contributed by atoms with Crippen molar-refractivity contribution in [3.8, 4) is 11.6 Å². The van der Waals surface area contributed by atoms with Crippen LogP contribution in [0.25, 0.3) is 5.69 Å². The maximum Gasteiger partial charge on any atom is 0.305 e. The fraction of sp³-hybridized carbons (Fsp3) is 0.320. The van der Waals surface area contributed by atoms with Gasteiger partial charge >= 0.3 is 5.97 Å². The molecule has 1 heterocycles. The summed E-state index contributed by atoms with van der Waals surface area (Å²) in [6.07, 6.45) is -0.568. The second kappa shape index (κ2) is 10.6. The molecule has 0 radical (unpaired) electrons. The number of hydrogen-bond acceptors (Lipinski definition) is 5. The number of aromatic nitrogens is 2. The molecule has 0 aliphatic rings. The number of para-hydroxylation sites is 1. The van der Waals surface area contributed by atoms with Crippen LogP contribution >= 0.6 is 0 Å². The molecule has 0 aliphatic heterocycles. The highest BCUT2D eigenvalue weighted by atomic mass is 19.1. The van der Waals surface area contributed by atoms with Crippen LogP contribution in [0.2, 0.25) is 0 Å². The fourth-order valence-electron chi connectivity index (χ4n) is 3.16. The van der Waals surface area contributed by atoms with E-state index in [2.05, 4.69) is 10.4 Å². The number of carboxylic acid groups (broad SMARTS) is 1. The summed E-state index contributed by atoms with van der Waals surface area (Å²) < 4.78 is 35.6. The third-order valence-electron chi connectivity index (χ3n) is 5.71. The lowest BCUT2D eigenvalue weighted by atomic mass is 9.94. The van der Waals surface area contributed by atoms with Crippen LogP contribution in [0, 0.1) is 17.6 Å². The Morgan fingerprint density at radius 2 is 1.74 bits per heavy atom. The van der Waals surface area contributed by atoms with E-state index in [0.717, 1.165) is 10.7 Å². The molecule has 2 atom stereocenters. The summed E-state index contributed by atoms with van der Waals surface area (Å²) in [6.45, 7) is 5.03. The molecule has 35 heavy (non-hydrogen) atoms. The minimum Gasteiger partial charge on any atom is -0.481 e. The summed E-state index contributed by atoms with van der Waals surface area (Å²) in [5, 5.41) is 26.4. The van der Waals surface area contributed by atoms with Gasteiger partial charge in [-0.15, -0.1) is 0 Å². The zero-order chi connectivity index (χ0) is 25.8. The van der Waals surface area contributed by atoms with E-state index in [1.54, 1.807) is 13.0 Å². The van der Waals surface area contributed by atoms with E-state index in [0.29, 0.717) is 0 Å². The first-order valence-corrected chi connectivity index (χ1v) is 11.0. The van der Waals surface area contributed by atoms with Crippen molar-refractivity contribution in [2.45, 2.75) is 38.8 Å². The Labute approximate surface area is 201 Å². The van der Waals surface area contributed by atoms with Crippen molar-refractivity contribution >= 4 is 11.9 Å². The zero-order valence-corrected chi connectivity index (χ0v) is 19.5. The van der Waals surface area contributed by atoms with E-state index in [9.17, 15) is 28.6 Å². The molecule has 10 heteroatoms. The quantitative estimate of drug-likeness (QED) is 0.400. The van der Waals surface area contributed by atoms with E-state index in [1.807, 2.05) is 13.8 Å². The van der Waals surface area contributed by atoms with Crippen LogP contribution in [0.5, 0.6) is 5.88 Å². The second-order valence-electron chi connectivity index (χ2n) is 8.68. The van der Waals surface area contributed by atoms with Crippen molar-refractivity contribution in [1.82, 2.24) is 15.1 Å². The summed E-state index contributed by atoms with van der Waals surface area (Å²) in [6, 6.07) is 11.3. The summed E-state index contributed by atoms with van der Waals surface area (Å²) in [5.41, 5.74) is -1.42. The molecule has 0 unspecified atom stereocenters. The topological polar surface area (TPSA) is 114 Å². The number of ether oxygens (including phenoxy) is 1. The minimum atomic E-state index is -1.24. The highest BCUT2D eigenvalue weighted by molar-refractivity contribution is 5.93. The first-order chi connectivity index (χ1) is 16.5. The molecule has 1 aromatic heterocycles. The van der Waals surface area contributed by atoms with E-state index >= 15 is 0 Å². The number of benzene rings is 2. The van der Waals surface area contributed by atoms with Crippen molar-refractivity contribution in [2.75, 3.05) is 6.61 Å². The van der Waals surface area contributed by atoms with Crippen LogP contribution in [0.3, 0.4) is 0 Å². The van der Waals surface area contributed by atoms with Crippen molar-refractivity contribution in [1.29, 1.82) is 0 Å². The fourth-order valence-corrected chi connectivity index (χ4v) is 3.16. The van der Waals surface area contributed by atoms with Crippen LogP contribution in [-0.4, -0.2) is 44.1 Å². The standard InChI is InChI=1S/C25H27F2N3O5/c1-15(2)25(3,34)14-35-22-12-20(29-30(22)21-11-7-6-10-18(21)27)24(33)28-19(13-23(31)32)16-8-4-5-9-17(16)26/h4-12,15,19,34H,13-14H2,1-3H3,(H,28,33)(H,31,32)/t19-,25+/m0/s1. The average Bonchev–Trinajstić information content (AvgIpc) is 3.22. The molecule has 0 saturated heterocycles. The van der Waals surface area contributed by atoms with Gasteiger partial charge in [-0.3, -0.25) is 9.59 Å². The first kappa shape index (κ1) is 25.8. The SMILES string of the molecule is CC(C)[C@](C)(O)COc1cc(C(=O)N[C@@H](CC(=O)O)c2ccccc2F)nn1-c1ccccc1F. The van der Waals surface area contributed by atoms with Crippen LogP contribution in [-0.2, 0) is 4.79 Å². The monoisotopic (exact) mass is 487 g/mol.